The van der Waals surface area contributed by atoms with Crippen molar-refractivity contribution in [3.63, 3.8) is 0 Å². The molecular formula is C32H41F2N4O8PS. The van der Waals surface area contributed by atoms with Crippen LogP contribution in [-0.4, -0.2) is 95.1 Å². The molecule has 0 spiro atoms. The van der Waals surface area contributed by atoms with E-state index < -0.39 is 54.9 Å². The molecule has 3 saturated heterocycles. The Hall–Kier alpha value is -2.97. The number of rotatable bonds is 10. The Bertz CT molecular complexity index is 1650. The van der Waals surface area contributed by atoms with Gasteiger partial charge in [-0.25, -0.2) is 0 Å². The lowest BCUT2D eigenvalue weighted by Crippen LogP contribution is -2.58. The Morgan fingerprint density at radius 1 is 1.04 bits per heavy atom. The third-order valence-corrected chi connectivity index (χ3v) is 13.2. The van der Waals surface area contributed by atoms with Gasteiger partial charge in [-0.05, 0) is 81.4 Å². The van der Waals surface area contributed by atoms with E-state index in [0.29, 0.717) is 35.3 Å². The van der Waals surface area contributed by atoms with Crippen molar-refractivity contribution >= 4 is 52.6 Å². The van der Waals surface area contributed by atoms with Crippen molar-refractivity contribution in [1.82, 2.24) is 20.4 Å². The zero-order valence-electron chi connectivity index (χ0n) is 27.0. The predicted molar refractivity (Wildman–Crippen MR) is 173 cm³/mol. The number of alkyl halides is 2. The maximum absolute atomic E-state index is 15.4. The summed E-state index contributed by atoms with van der Waals surface area (Å²) in [5, 5.41) is 16.5. The van der Waals surface area contributed by atoms with Crippen LogP contribution in [0.2, 0.25) is 0 Å². The Morgan fingerprint density at radius 3 is 2.42 bits per heavy atom. The van der Waals surface area contributed by atoms with E-state index in [-0.39, 0.29) is 55.0 Å². The van der Waals surface area contributed by atoms with Gasteiger partial charge in [0.15, 0.2) is 0 Å². The molecule has 2 aromatic rings. The molecule has 262 valence electrons. The molecule has 1 aromatic carbocycles. The SMILES string of the molecule is CCOP(=O)(OCC)C(F)(F)c1ccc2sc(C(=O)N[C@H]3C[C@@H]4C[C@@H]4C[C@H]4CC[C@@H](C(=O)N[C@H]5CN(C(C)=O)C[C@@H]5O)N4C3=O)cc2c1. The molecule has 4 aliphatic rings. The highest BCUT2D eigenvalue weighted by Crippen LogP contribution is 2.67. The van der Waals surface area contributed by atoms with Gasteiger partial charge >= 0.3 is 13.3 Å². The van der Waals surface area contributed by atoms with E-state index in [0.717, 1.165) is 36.3 Å². The van der Waals surface area contributed by atoms with Gasteiger partial charge in [-0.15, -0.1) is 11.3 Å². The number of carbonyl (C=O) groups is 4. The Morgan fingerprint density at radius 2 is 1.75 bits per heavy atom. The molecule has 7 atom stereocenters. The number of aliphatic hydroxyl groups is 1. The van der Waals surface area contributed by atoms with E-state index in [1.165, 1.54) is 37.8 Å². The number of nitrogens with zero attached hydrogens (tertiary/aromatic N) is 2. The minimum absolute atomic E-state index is 0.121. The van der Waals surface area contributed by atoms with E-state index >= 15 is 8.78 Å². The van der Waals surface area contributed by atoms with Gasteiger partial charge < -0.3 is 34.6 Å². The van der Waals surface area contributed by atoms with Crippen molar-refractivity contribution in [2.45, 2.75) is 88.8 Å². The number of aliphatic hydroxyl groups excluding tert-OH is 1. The van der Waals surface area contributed by atoms with Crippen LogP contribution in [0.25, 0.3) is 10.1 Å². The van der Waals surface area contributed by atoms with Gasteiger partial charge in [0, 0.05) is 36.3 Å². The molecule has 0 unspecified atom stereocenters. The minimum Gasteiger partial charge on any atom is -0.389 e. The number of nitrogens with one attached hydrogen (secondary N) is 2. The second kappa shape index (κ2) is 13.4. The van der Waals surface area contributed by atoms with Gasteiger partial charge in [-0.1, -0.05) is 6.07 Å². The van der Waals surface area contributed by atoms with Gasteiger partial charge in [-0.2, -0.15) is 8.78 Å². The van der Waals surface area contributed by atoms with Crippen LogP contribution in [0, 0.1) is 11.8 Å². The third-order valence-electron chi connectivity index (χ3n) is 9.94. The third kappa shape index (κ3) is 6.51. The molecule has 48 heavy (non-hydrogen) atoms. The normalized spacial score (nSPS) is 28.9. The highest BCUT2D eigenvalue weighted by Gasteiger charge is 2.55. The first-order chi connectivity index (χ1) is 22.8. The lowest BCUT2D eigenvalue weighted by Gasteiger charge is -2.35. The number of fused-ring (bicyclic) bond motifs is 3. The summed E-state index contributed by atoms with van der Waals surface area (Å²) in [5.41, 5.74) is -4.50. The molecule has 3 N–H and O–H groups in total. The van der Waals surface area contributed by atoms with E-state index in [2.05, 4.69) is 10.6 Å². The fourth-order valence-electron chi connectivity index (χ4n) is 7.38. The minimum atomic E-state index is -4.82. The number of thiophene rings is 1. The first-order valence-corrected chi connectivity index (χ1v) is 18.8. The molecule has 16 heteroatoms. The van der Waals surface area contributed by atoms with Crippen molar-refractivity contribution in [3.8, 4) is 0 Å². The van der Waals surface area contributed by atoms with Crippen LogP contribution in [0.15, 0.2) is 24.3 Å². The van der Waals surface area contributed by atoms with Crippen LogP contribution >= 0.6 is 18.9 Å². The van der Waals surface area contributed by atoms with Gasteiger partial charge in [-0.3, -0.25) is 23.7 Å². The number of β-amino-alcohol motifs (C(OH)–C–C–N with tert-alkyl or cyclic N) is 1. The van der Waals surface area contributed by atoms with E-state index in [4.69, 9.17) is 9.05 Å². The largest absolute Gasteiger partial charge is 0.404 e. The molecule has 1 aromatic heterocycles. The smallest absolute Gasteiger partial charge is 0.389 e. The number of benzene rings is 1. The van der Waals surface area contributed by atoms with E-state index in [9.17, 15) is 28.8 Å². The van der Waals surface area contributed by atoms with Gasteiger partial charge in [0.2, 0.25) is 17.7 Å². The molecular weight excluding hydrogens is 669 g/mol. The van der Waals surface area contributed by atoms with Crippen molar-refractivity contribution in [2.24, 2.45) is 11.8 Å². The number of halogens is 2. The average molecular weight is 711 g/mol. The van der Waals surface area contributed by atoms with Crippen LogP contribution < -0.4 is 10.6 Å². The van der Waals surface area contributed by atoms with E-state index in [1.54, 1.807) is 4.90 Å². The van der Waals surface area contributed by atoms with Crippen LogP contribution in [0.3, 0.4) is 0 Å². The standard InChI is InChI=1S/C32H41F2N4O8PS/c1-4-45-47(44,46-5-2)32(33,34)21-6-9-27-20(11-21)14-28(48-27)30(42)35-23-13-19-10-18(19)12-22-7-8-25(38(22)31(23)43)29(41)36-24-15-37(17(3)39)16-26(24)40/h6,9,11,14,18-19,22-26,40H,4-5,7-8,10,12-13,15-16H2,1-3H3,(H,35,42)(H,36,41)/t18-,19+,22-,23+,24+,25+,26+/m1/s1. The lowest BCUT2D eigenvalue weighted by atomic mass is 9.99. The average Bonchev–Trinajstić information content (AvgIpc) is 3.34. The fraction of sp³-hybridized carbons (Fsp3) is 0.625. The summed E-state index contributed by atoms with van der Waals surface area (Å²) in [5.74, 6) is -0.812. The molecule has 0 bridgehead atoms. The fourth-order valence-corrected chi connectivity index (χ4v) is 9.86. The summed E-state index contributed by atoms with van der Waals surface area (Å²) >= 11 is 1.08. The summed E-state index contributed by atoms with van der Waals surface area (Å²) in [7, 11) is -4.82. The zero-order chi connectivity index (χ0) is 34.5. The number of hydrogen-bond acceptors (Lipinski definition) is 9. The Labute approximate surface area is 281 Å². The highest BCUT2D eigenvalue weighted by molar-refractivity contribution is 7.54. The second-order valence-corrected chi connectivity index (χ2v) is 16.2. The van der Waals surface area contributed by atoms with Gasteiger partial charge in [0.1, 0.15) is 12.1 Å². The van der Waals surface area contributed by atoms with Gasteiger partial charge in [0.25, 0.3) is 5.91 Å². The molecule has 1 aliphatic carbocycles. The number of amides is 4. The Kier molecular flexibility index (Phi) is 9.73. The number of carbonyl (C=O) groups excluding carboxylic acids is 4. The number of likely N-dealkylation sites (tertiary alicyclic amines) is 1. The Balaban J connectivity index is 1.19. The molecule has 0 radical (unpaired) electrons. The molecule has 4 heterocycles. The summed E-state index contributed by atoms with van der Waals surface area (Å²) in [6.07, 6.45) is 2.32. The summed E-state index contributed by atoms with van der Waals surface area (Å²) < 4.78 is 54.2. The van der Waals surface area contributed by atoms with Crippen molar-refractivity contribution in [1.29, 1.82) is 0 Å². The highest BCUT2D eigenvalue weighted by atomic mass is 32.1. The maximum Gasteiger partial charge on any atom is 0.404 e. The summed E-state index contributed by atoms with van der Waals surface area (Å²) in [4.78, 5) is 56.2. The summed E-state index contributed by atoms with van der Waals surface area (Å²) in [6.45, 7) is 4.14. The molecule has 6 rings (SSSR count). The quantitative estimate of drug-likeness (QED) is 0.315. The molecule has 4 amide bonds. The lowest BCUT2D eigenvalue weighted by molar-refractivity contribution is -0.143. The topological polar surface area (TPSA) is 155 Å². The molecule has 4 fully saturated rings. The number of hydrogen-bond donors (Lipinski definition) is 3. The van der Waals surface area contributed by atoms with Crippen LogP contribution in [0.1, 0.15) is 68.1 Å². The second-order valence-electron chi connectivity index (χ2n) is 13.1. The zero-order valence-corrected chi connectivity index (χ0v) is 28.7. The van der Waals surface area contributed by atoms with Crippen molar-refractivity contribution in [3.05, 3.63) is 34.7 Å². The van der Waals surface area contributed by atoms with Crippen molar-refractivity contribution < 1.29 is 46.7 Å². The summed E-state index contributed by atoms with van der Waals surface area (Å²) in [6, 6.07) is 2.72. The molecule has 1 saturated carbocycles. The van der Waals surface area contributed by atoms with Crippen LogP contribution in [-0.2, 0) is 33.7 Å². The maximum atomic E-state index is 15.4. The molecule has 3 aliphatic heterocycles. The van der Waals surface area contributed by atoms with Gasteiger partial charge in [0.05, 0.1) is 30.2 Å². The monoisotopic (exact) mass is 710 g/mol. The molecule has 12 nitrogen and oxygen atoms in total. The van der Waals surface area contributed by atoms with Crippen molar-refractivity contribution in [2.75, 3.05) is 26.3 Å². The predicted octanol–water partition coefficient (Wildman–Crippen LogP) is 3.81. The first kappa shape index (κ1) is 34.9. The van der Waals surface area contributed by atoms with Crippen LogP contribution in [0.5, 0.6) is 0 Å². The van der Waals surface area contributed by atoms with Crippen LogP contribution in [0.4, 0.5) is 8.78 Å². The first-order valence-electron chi connectivity index (χ1n) is 16.4. The van der Waals surface area contributed by atoms with E-state index in [1.807, 2.05) is 0 Å².